The van der Waals surface area contributed by atoms with Gasteiger partial charge in [0, 0.05) is 17.6 Å². The van der Waals surface area contributed by atoms with Crippen LogP contribution in [0, 0.1) is 5.41 Å². The first-order valence-corrected chi connectivity index (χ1v) is 8.14. The fraction of sp³-hybridized carbons (Fsp3) is 1.00. The monoisotopic (exact) mass is 268 g/mol. The first kappa shape index (κ1) is 17.0. The molecule has 0 saturated carbocycles. The molecule has 0 bridgehead atoms. The molecule has 0 atom stereocenters. The molecule has 1 aliphatic rings. The lowest BCUT2D eigenvalue weighted by Gasteiger charge is -2.46. The zero-order valence-electron chi connectivity index (χ0n) is 14.4. The van der Waals surface area contributed by atoms with Crippen molar-refractivity contribution in [3.63, 3.8) is 0 Å². The van der Waals surface area contributed by atoms with Gasteiger partial charge in [0.15, 0.2) is 0 Å². The largest absolute Gasteiger partial charge is 0.310 e. The number of nitrogens with zero attached hydrogens (tertiary/aromatic N) is 1. The third-order valence-electron chi connectivity index (χ3n) is 4.77. The van der Waals surface area contributed by atoms with E-state index in [0.29, 0.717) is 16.5 Å². The van der Waals surface area contributed by atoms with Crippen LogP contribution < -0.4 is 5.32 Å². The summed E-state index contributed by atoms with van der Waals surface area (Å²) in [5.41, 5.74) is 1.01. The summed E-state index contributed by atoms with van der Waals surface area (Å²) in [4.78, 5) is 2.74. The van der Waals surface area contributed by atoms with Gasteiger partial charge in [-0.3, -0.25) is 4.90 Å². The van der Waals surface area contributed by atoms with Gasteiger partial charge in [-0.25, -0.2) is 0 Å². The third kappa shape index (κ3) is 4.75. The maximum atomic E-state index is 3.82. The standard InChI is InChI=1S/C17H36N2/c1-8-17(9-2)14-19(12-10-11-18-17)16(6,7)13-15(3,4)5/h18H,8-14H2,1-7H3. The highest BCUT2D eigenvalue weighted by atomic mass is 15.2. The van der Waals surface area contributed by atoms with E-state index in [1.165, 1.54) is 45.3 Å². The van der Waals surface area contributed by atoms with Crippen LogP contribution in [0.3, 0.4) is 0 Å². The van der Waals surface area contributed by atoms with Crippen LogP contribution >= 0.6 is 0 Å². The molecule has 0 aromatic rings. The second-order valence-electron chi connectivity index (χ2n) is 8.24. The molecule has 1 aliphatic heterocycles. The van der Waals surface area contributed by atoms with Crippen LogP contribution in [0.15, 0.2) is 0 Å². The van der Waals surface area contributed by atoms with E-state index in [2.05, 4.69) is 58.7 Å². The summed E-state index contributed by atoms with van der Waals surface area (Å²) in [5.74, 6) is 0. The summed E-state index contributed by atoms with van der Waals surface area (Å²) in [6, 6.07) is 0. The second kappa shape index (κ2) is 6.13. The average molecular weight is 268 g/mol. The van der Waals surface area contributed by atoms with Crippen LogP contribution in [0.25, 0.3) is 0 Å². The Hall–Kier alpha value is -0.0800. The molecule has 1 saturated heterocycles. The lowest BCUT2D eigenvalue weighted by atomic mass is 9.80. The first-order valence-electron chi connectivity index (χ1n) is 8.14. The summed E-state index contributed by atoms with van der Waals surface area (Å²) in [6.07, 6.45) is 4.98. The molecule has 0 radical (unpaired) electrons. The summed E-state index contributed by atoms with van der Waals surface area (Å²) < 4.78 is 0. The molecule has 1 N–H and O–H groups in total. The zero-order chi connectivity index (χ0) is 14.7. The van der Waals surface area contributed by atoms with E-state index in [4.69, 9.17) is 0 Å². The lowest BCUT2D eigenvalue weighted by molar-refractivity contribution is 0.0563. The molecule has 2 heteroatoms. The topological polar surface area (TPSA) is 15.3 Å². The summed E-state index contributed by atoms with van der Waals surface area (Å²) >= 11 is 0. The molecule has 1 fully saturated rings. The number of hydrogen-bond donors (Lipinski definition) is 1. The number of rotatable bonds is 4. The SMILES string of the molecule is CCC1(CC)CN(C(C)(C)CC(C)(C)C)CCCN1. The van der Waals surface area contributed by atoms with E-state index in [9.17, 15) is 0 Å². The average Bonchev–Trinajstić information content (AvgIpc) is 2.49. The van der Waals surface area contributed by atoms with Crippen molar-refractivity contribution in [3.05, 3.63) is 0 Å². The highest BCUT2D eigenvalue weighted by molar-refractivity contribution is 4.96. The van der Waals surface area contributed by atoms with Crippen molar-refractivity contribution >= 4 is 0 Å². The molecule has 1 heterocycles. The van der Waals surface area contributed by atoms with Gasteiger partial charge in [0.1, 0.15) is 0 Å². The van der Waals surface area contributed by atoms with Crippen LogP contribution in [0.5, 0.6) is 0 Å². The molecular formula is C17H36N2. The van der Waals surface area contributed by atoms with Crippen LogP contribution in [0.2, 0.25) is 0 Å². The Kier molecular flexibility index (Phi) is 5.48. The molecule has 1 rings (SSSR count). The minimum Gasteiger partial charge on any atom is -0.310 e. The van der Waals surface area contributed by atoms with Gasteiger partial charge in [-0.1, -0.05) is 34.6 Å². The minimum absolute atomic E-state index is 0.292. The Morgan fingerprint density at radius 2 is 1.63 bits per heavy atom. The molecule has 0 aromatic carbocycles. The van der Waals surface area contributed by atoms with Crippen molar-refractivity contribution in [1.82, 2.24) is 10.2 Å². The fourth-order valence-corrected chi connectivity index (χ4v) is 3.77. The van der Waals surface area contributed by atoms with Gasteiger partial charge in [-0.15, -0.1) is 0 Å². The summed E-state index contributed by atoms with van der Waals surface area (Å²) in [7, 11) is 0. The summed E-state index contributed by atoms with van der Waals surface area (Å²) in [5, 5.41) is 3.82. The van der Waals surface area contributed by atoms with E-state index in [1.807, 2.05) is 0 Å². The Balaban J connectivity index is 2.85. The molecular weight excluding hydrogens is 232 g/mol. The molecule has 0 amide bonds. The number of nitrogens with one attached hydrogen (secondary N) is 1. The van der Waals surface area contributed by atoms with Crippen molar-refractivity contribution in [2.75, 3.05) is 19.6 Å². The predicted octanol–water partition coefficient (Wildman–Crippen LogP) is 4.06. The normalized spacial score (nSPS) is 22.3. The minimum atomic E-state index is 0.292. The molecule has 0 aliphatic carbocycles. The highest BCUT2D eigenvalue weighted by Crippen LogP contribution is 2.33. The smallest absolute Gasteiger partial charge is 0.0303 e. The van der Waals surface area contributed by atoms with Gasteiger partial charge >= 0.3 is 0 Å². The van der Waals surface area contributed by atoms with E-state index in [0.717, 1.165) is 0 Å². The molecule has 0 unspecified atom stereocenters. The van der Waals surface area contributed by atoms with Gasteiger partial charge in [-0.05, 0) is 58.0 Å². The Morgan fingerprint density at radius 3 is 2.11 bits per heavy atom. The van der Waals surface area contributed by atoms with E-state index in [1.54, 1.807) is 0 Å². The van der Waals surface area contributed by atoms with Gasteiger partial charge in [-0.2, -0.15) is 0 Å². The quantitative estimate of drug-likeness (QED) is 0.827. The van der Waals surface area contributed by atoms with Crippen molar-refractivity contribution in [2.24, 2.45) is 5.41 Å². The highest BCUT2D eigenvalue weighted by Gasteiger charge is 2.38. The first-order chi connectivity index (χ1) is 8.64. The third-order valence-corrected chi connectivity index (χ3v) is 4.77. The molecule has 19 heavy (non-hydrogen) atoms. The van der Waals surface area contributed by atoms with E-state index >= 15 is 0 Å². The van der Waals surface area contributed by atoms with Crippen LogP contribution in [-0.4, -0.2) is 35.6 Å². The van der Waals surface area contributed by atoms with Gasteiger partial charge < -0.3 is 5.32 Å². The van der Waals surface area contributed by atoms with Crippen molar-refractivity contribution in [2.45, 2.75) is 85.2 Å². The molecule has 114 valence electrons. The molecule has 0 spiro atoms. The Morgan fingerprint density at radius 1 is 1.05 bits per heavy atom. The van der Waals surface area contributed by atoms with E-state index < -0.39 is 0 Å². The second-order valence-corrected chi connectivity index (χ2v) is 8.24. The zero-order valence-corrected chi connectivity index (χ0v) is 14.4. The van der Waals surface area contributed by atoms with Crippen molar-refractivity contribution in [3.8, 4) is 0 Å². The van der Waals surface area contributed by atoms with Gasteiger partial charge in [0.25, 0.3) is 0 Å². The maximum Gasteiger partial charge on any atom is 0.0303 e. The van der Waals surface area contributed by atoms with Gasteiger partial charge in [0.05, 0.1) is 0 Å². The fourth-order valence-electron chi connectivity index (χ4n) is 3.77. The molecule has 0 aromatic heterocycles. The summed E-state index contributed by atoms with van der Waals surface area (Å²) in [6.45, 7) is 20.2. The predicted molar refractivity (Wildman–Crippen MR) is 85.7 cm³/mol. The Labute approximate surface area is 121 Å². The van der Waals surface area contributed by atoms with Crippen LogP contribution in [0.1, 0.15) is 74.1 Å². The maximum absolute atomic E-state index is 3.82. The van der Waals surface area contributed by atoms with Crippen LogP contribution in [-0.2, 0) is 0 Å². The van der Waals surface area contributed by atoms with Crippen molar-refractivity contribution in [1.29, 1.82) is 0 Å². The van der Waals surface area contributed by atoms with Crippen molar-refractivity contribution < 1.29 is 0 Å². The van der Waals surface area contributed by atoms with Crippen LogP contribution in [0.4, 0.5) is 0 Å². The van der Waals surface area contributed by atoms with E-state index in [-0.39, 0.29) is 0 Å². The Bertz CT molecular complexity index is 271. The van der Waals surface area contributed by atoms with Gasteiger partial charge in [0.2, 0.25) is 0 Å². The lowest BCUT2D eigenvalue weighted by Crippen LogP contribution is -2.56. The molecule has 2 nitrogen and oxygen atoms in total. The number of hydrogen-bond acceptors (Lipinski definition) is 2.